The SMILES string of the molecule is Nc1ccc(CNC(=O)C2CC2)c(C(=O)O)c1. The van der Waals surface area contributed by atoms with E-state index in [9.17, 15) is 9.59 Å². The highest BCUT2D eigenvalue weighted by Gasteiger charge is 2.29. The van der Waals surface area contributed by atoms with Gasteiger partial charge in [-0.05, 0) is 30.5 Å². The normalized spacial score (nSPS) is 14.4. The minimum Gasteiger partial charge on any atom is -0.478 e. The molecule has 0 atom stereocenters. The predicted octanol–water partition coefficient (Wildman–Crippen LogP) is 0.993. The van der Waals surface area contributed by atoms with E-state index < -0.39 is 5.97 Å². The zero-order valence-electron chi connectivity index (χ0n) is 9.27. The molecular weight excluding hydrogens is 220 g/mol. The maximum absolute atomic E-state index is 11.4. The molecule has 17 heavy (non-hydrogen) atoms. The van der Waals surface area contributed by atoms with Gasteiger partial charge in [-0.15, -0.1) is 0 Å². The molecule has 0 radical (unpaired) electrons. The smallest absolute Gasteiger partial charge is 0.336 e. The number of carboxylic acids is 1. The Morgan fingerprint density at radius 2 is 2.12 bits per heavy atom. The van der Waals surface area contributed by atoms with Gasteiger partial charge in [-0.25, -0.2) is 4.79 Å². The van der Waals surface area contributed by atoms with Crippen molar-refractivity contribution in [2.75, 3.05) is 5.73 Å². The fraction of sp³-hybridized carbons (Fsp3) is 0.333. The van der Waals surface area contributed by atoms with Crippen molar-refractivity contribution in [3.8, 4) is 0 Å². The van der Waals surface area contributed by atoms with Crippen LogP contribution in [0.2, 0.25) is 0 Å². The van der Waals surface area contributed by atoms with Crippen LogP contribution in [0.5, 0.6) is 0 Å². The van der Waals surface area contributed by atoms with Crippen LogP contribution in [0.25, 0.3) is 0 Å². The van der Waals surface area contributed by atoms with E-state index in [1.165, 1.54) is 6.07 Å². The topological polar surface area (TPSA) is 92.4 Å². The number of nitrogens with two attached hydrogens (primary N) is 1. The van der Waals surface area contributed by atoms with Crippen LogP contribution in [0, 0.1) is 5.92 Å². The second-order valence-electron chi connectivity index (χ2n) is 4.21. The minimum atomic E-state index is -1.03. The Kier molecular flexibility index (Phi) is 2.99. The van der Waals surface area contributed by atoms with E-state index in [1.54, 1.807) is 12.1 Å². The molecule has 0 saturated heterocycles. The summed E-state index contributed by atoms with van der Waals surface area (Å²) in [5.74, 6) is -0.914. The van der Waals surface area contributed by atoms with Gasteiger partial charge in [-0.3, -0.25) is 4.79 Å². The van der Waals surface area contributed by atoms with Crippen molar-refractivity contribution in [3.05, 3.63) is 29.3 Å². The molecular formula is C12H14N2O3. The standard InChI is InChI=1S/C12H14N2O3/c13-9-4-3-8(10(5-9)12(16)17)6-14-11(15)7-1-2-7/h3-5,7H,1-2,6,13H2,(H,14,15)(H,16,17). The van der Waals surface area contributed by atoms with Crippen LogP contribution in [0.4, 0.5) is 5.69 Å². The molecule has 1 aliphatic rings. The number of carbonyl (C=O) groups excluding carboxylic acids is 1. The van der Waals surface area contributed by atoms with Gasteiger partial charge in [0.15, 0.2) is 0 Å². The summed E-state index contributed by atoms with van der Waals surface area (Å²) in [7, 11) is 0. The summed E-state index contributed by atoms with van der Waals surface area (Å²) in [6.45, 7) is 0.233. The van der Waals surface area contributed by atoms with E-state index in [-0.39, 0.29) is 23.9 Å². The highest BCUT2D eigenvalue weighted by molar-refractivity contribution is 5.90. The quantitative estimate of drug-likeness (QED) is 0.677. The van der Waals surface area contributed by atoms with Crippen LogP contribution in [-0.4, -0.2) is 17.0 Å². The van der Waals surface area contributed by atoms with Gasteiger partial charge in [-0.2, -0.15) is 0 Å². The Bertz CT molecular complexity index is 467. The minimum absolute atomic E-state index is 0.00170. The summed E-state index contributed by atoms with van der Waals surface area (Å²) in [6.07, 6.45) is 1.86. The molecule has 90 valence electrons. The fourth-order valence-electron chi connectivity index (χ4n) is 1.62. The second-order valence-corrected chi connectivity index (χ2v) is 4.21. The maximum Gasteiger partial charge on any atom is 0.336 e. The molecule has 0 unspecified atom stereocenters. The van der Waals surface area contributed by atoms with Gasteiger partial charge in [0.2, 0.25) is 5.91 Å². The molecule has 0 heterocycles. The second kappa shape index (κ2) is 4.45. The largest absolute Gasteiger partial charge is 0.478 e. The number of anilines is 1. The molecule has 1 saturated carbocycles. The number of aromatic carboxylic acids is 1. The van der Waals surface area contributed by atoms with Crippen LogP contribution >= 0.6 is 0 Å². The van der Waals surface area contributed by atoms with E-state index in [0.29, 0.717) is 11.3 Å². The third-order valence-corrected chi connectivity index (χ3v) is 2.77. The van der Waals surface area contributed by atoms with Gasteiger partial charge in [-0.1, -0.05) is 6.07 Å². The first kappa shape index (κ1) is 11.4. The molecule has 0 spiro atoms. The van der Waals surface area contributed by atoms with Gasteiger partial charge in [0.25, 0.3) is 0 Å². The summed E-state index contributed by atoms with van der Waals surface area (Å²) in [6, 6.07) is 4.66. The molecule has 1 fully saturated rings. The average Bonchev–Trinajstić information content (AvgIpc) is 3.10. The molecule has 0 aliphatic heterocycles. The van der Waals surface area contributed by atoms with Gasteiger partial charge in [0.1, 0.15) is 0 Å². The number of rotatable bonds is 4. The molecule has 4 N–H and O–H groups in total. The highest BCUT2D eigenvalue weighted by atomic mass is 16.4. The molecule has 5 nitrogen and oxygen atoms in total. The Morgan fingerprint density at radius 3 is 2.71 bits per heavy atom. The first-order valence-corrected chi connectivity index (χ1v) is 5.47. The van der Waals surface area contributed by atoms with E-state index in [4.69, 9.17) is 10.8 Å². The summed E-state index contributed by atoms with van der Waals surface area (Å²) >= 11 is 0. The third-order valence-electron chi connectivity index (χ3n) is 2.77. The number of amides is 1. The zero-order chi connectivity index (χ0) is 12.4. The van der Waals surface area contributed by atoms with Crippen molar-refractivity contribution < 1.29 is 14.7 Å². The van der Waals surface area contributed by atoms with E-state index in [1.807, 2.05) is 0 Å². The maximum atomic E-state index is 11.4. The number of nitrogens with one attached hydrogen (secondary N) is 1. The van der Waals surface area contributed by atoms with Gasteiger partial charge >= 0.3 is 5.97 Å². The Morgan fingerprint density at radius 1 is 1.41 bits per heavy atom. The molecule has 0 bridgehead atoms. The van der Waals surface area contributed by atoms with Gasteiger partial charge in [0.05, 0.1) is 5.56 Å². The predicted molar refractivity (Wildman–Crippen MR) is 62.4 cm³/mol. The molecule has 1 amide bonds. The Balaban J connectivity index is 2.08. The average molecular weight is 234 g/mol. The van der Waals surface area contributed by atoms with Crippen molar-refractivity contribution in [1.29, 1.82) is 0 Å². The first-order chi connectivity index (χ1) is 8.08. The summed E-state index contributed by atoms with van der Waals surface area (Å²) in [4.78, 5) is 22.4. The number of hydrogen-bond acceptors (Lipinski definition) is 3. The van der Waals surface area contributed by atoms with Crippen molar-refractivity contribution >= 4 is 17.6 Å². The monoisotopic (exact) mass is 234 g/mol. The molecule has 1 aromatic carbocycles. The van der Waals surface area contributed by atoms with Crippen LogP contribution in [0.1, 0.15) is 28.8 Å². The van der Waals surface area contributed by atoms with Crippen molar-refractivity contribution in [2.24, 2.45) is 5.92 Å². The lowest BCUT2D eigenvalue weighted by Gasteiger charge is -2.08. The number of benzene rings is 1. The van der Waals surface area contributed by atoms with E-state index in [0.717, 1.165) is 12.8 Å². The lowest BCUT2D eigenvalue weighted by atomic mass is 10.1. The van der Waals surface area contributed by atoms with Crippen LogP contribution in [-0.2, 0) is 11.3 Å². The lowest BCUT2D eigenvalue weighted by Crippen LogP contribution is -2.25. The molecule has 1 aromatic rings. The summed E-state index contributed by atoms with van der Waals surface area (Å²) in [5.41, 5.74) is 6.64. The van der Waals surface area contributed by atoms with Gasteiger partial charge < -0.3 is 16.2 Å². The third kappa shape index (κ3) is 2.75. The Hall–Kier alpha value is -2.04. The zero-order valence-corrected chi connectivity index (χ0v) is 9.27. The van der Waals surface area contributed by atoms with Crippen molar-refractivity contribution in [3.63, 3.8) is 0 Å². The molecule has 1 aliphatic carbocycles. The van der Waals surface area contributed by atoms with E-state index in [2.05, 4.69) is 5.32 Å². The number of hydrogen-bond donors (Lipinski definition) is 3. The van der Waals surface area contributed by atoms with Crippen LogP contribution in [0.3, 0.4) is 0 Å². The van der Waals surface area contributed by atoms with Crippen molar-refractivity contribution in [1.82, 2.24) is 5.32 Å². The lowest BCUT2D eigenvalue weighted by molar-refractivity contribution is -0.122. The molecule has 0 aromatic heterocycles. The van der Waals surface area contributed by atoms with Gasteiger partial charge in [0, 0.05) is 18.2 Å². The van der Waals surface area contributed by atoms with Crippen LogP contribution < -0.4 is 11.1 Å². The van der Waals surface area contributed by atoms with Crippen LogP contribution in [0.15, 0.2) is 18.2 Å². The van der Waals surface area contributed by atoms with Crippen molar-refractivity contribution in [2.45, 2.75) is 19.4 Å². The Labute approximate surface area is 98.6 Å². The molecule has 2 rings (SSSR count). The summed E-state index contributed by atoms with van der Waals surface area (Å²) in [5, 5.41) is 11.7. The van der Waals surface area contributed by atoms with E-state index >= 15 is 0 Å². The first-order valence-electron chi connectivity index (χ1n) is 5.47. The summed E-state index contributed by atoms with van der Waals surface area (Å²) < 4.78 is 0. The highest BCUT2D eigenvalue weighted by Crippen LogP contribution is 2.28. The number of nitrogen functional groups attached to an aromatic ring is 1. The fourth-order valence-corrected chi connectivity index (χ4v) is 1.62. The number of carbonyl (C=O) groups is 2. The number of carboxylic acid groups (broad SMARTS) is 1. The molecule has 5 heteroatoms.